The van der Waals surface area contributed by atoms with Gasteiger partial charge >= 0.3 is 6.03 Å². The number of hydrogen-bond donors (Lipinski definition) is 2. The lowest BCUT2D eigenvalue weighted by atomic mass is 9.96. The van der Waals surface area contributed by atoms with E-state index in [9.17, 15) is 9.90 Å². The molecule has 2 N–H and O–H groups in total. The van der Waals surface area contributed by atoms with Gasteiger partial charge in [-0.05, 0) is 37.7 Å². The van der Waals surface area contributed by atoms with Crippen LogP contribution >= 0.6 is 0 Å². The summed E-state index contributed by atoms with van der Waals surface area (Å²) in [5.74, 6) is 0.720. The third-order valence-corrected chi connectivity index (χ3v) is 4.87. The van der Waals surface area contributed by atoms with Gasteiger partial charge in [0.05, 0.1) is 0 Å². The third-order valence-electron chi connectivity index (χ3n) is 4.87. The Bertz CT molecular complexity index is 478. The Kier molecular flexibility index (Phi) is 6.90. The maximum absolute atomic E-state index is 12.6. The highest BCUT2D eigenvalue weighted by molar-refractivity contribution is 5.74. The molecule has 2 amide bonds. The van der Waals surface area contributed by atoms with Crippen molar-refractivity contribution in [2.75, 3.05) is 19.7 Å². The Morgan fingerprint density at radius 2 is 2.04 bits per heavy atom. The van der Waals surface area contributed by atoms with Gasteiger partial charge in [-0.1, -0.05) is 43.7 Å². The minimum absolute atomic E-state index is 0.0325. The molecule has 1 aliphatic rings. The molecule has 4 nitrogen and oxygen atoms in total. The second kappa shape index (κ2) is 8.92. The van der Waals surface area contributed by atoms with E-state index >= 15 is 0 Å². The largest absolute Gasteiger partial charge is 0.396 e. The van der Waals surface area contributed by atoms with Gasteiger partial charge in [-0.2, -0.15) is 0 Å². The first-order chi connectivity index (χ1) is 11.1. The van der Waals surface area contributed by atoms with Gasteiger partial charge in [0.2, 0.25) is 0 Å². The summed E-state index contributed by atoms with van der Waals surface area (Å²) in [6.07, 6.45) is 4.14. The van der Waals surface area contributed by atoms with Crippen LogP contribution in [0.2, 0.25) is 0 Å². The van der Waals surface area contributed by atoms with E-state index in [1.54, 1.807) is 0 Å². The van der Waals surface area contributed by atoms with Gasteiger partial charge < -0.3 is 15.3 Å². The Morgan fingerprint density at radius 1 is 1.30 bits per heavy atom. The van der Waals surface area contributed by atoms with Crippen LogP contribution in [0.4, 0.5) is 4.79 Å². The van der Waals surface area contributed by atoms with Crippen LogP contribution in [-0.4, -0.2) is 41.8 Å². The van der Waals surface area contributed by atoms with E-state index in [-0.39, 0.29) is 18.6 Å². The van der Waals surface area contributed by atoms with Crippen molar-refractivity contribution in [3.63, 3.8) is 0 Å². The van der Waals surface area contributed by atoms with Gasteiger partial charge in [0.25, 0.3) is 0 Å². The van der Waals surface area contributed by atoms with Crippen LogP contribution in [0.3, 0.4) is 0 Å². The smallest absolute Gasteiger partial charge is 0.317 e. The Labute approximate surface area is 139 Å². The number of carbonyl (C=O) groups excluding carboxylic acids is 1. The first-order valence-corrected chi connectivity index (χ1v) is 8.82. The average Bonchev–Trinajstić information content (AvgIpc) is 2.73. The van der Waals surface area contributed by atoms with E-state index in [0.717, 1.165) is 13.0 Å². The normalized spacial score (nSPS) is 23.2. The van der Waals surface area contributed by atoms with Crippen LogP contribution in [0, 0.1) is 5.92 Å². The van der Waals surface area contributed by atoms with Crippen molar-refractivity contribution >= 4 is 6.03 Å². The molecule has 1 aliphatic heterocycles. The van der Waals surface area contributed by atoms with Gasteiger partial charge in [0, 0.05) is 31.7 Å². The topological polar surface area (TPSA) is 52.6 Å². The quantitative estimate of drug-likeness (QED) is 0.874. The number of aliphatic hydroxyl groups is 1. The highest BCUT2D eigenvalue weighted by atomic mass is 16.3. The van der Waals surface area contributed by atoms with Crippen LogP contribution in [-0.2, 0) is 0 Å². The van der Waals surface area contributed by atoms with Crippen LogP contribution < -0.4 is 5.32 Å². The number of nitrogens with zero attached hydrogens (tertiary/aromatic N) is 1. The minimum Gasteiger partial charge on any atom is -0.396 e. The van der Waals surface area contributed by atoms with Crippen molar-refractivity contribution in [2.24, 2.45) is 5.92 Å². The fourth-order valence-corrected chi connectivity index (χ4v) is 3.39. The number of rotatable bonds is 5. The maximum Gasteiger partial charge on any atom is 0.317 e. The number of hydrogen-bond acceptors (Lipinski definition) is 2. The van der Waals surface area contributed by atoms with Gasteiger partial charge in [0.15, 0.2) is 0 Å². The molecule has 2 rings (SSSR count). The number of urea groups is 1. The molecule has 1 aromatic carbocycles. The van der Waals surface area contributed by atoms with E-state index < -0.39 is 0 Å². The summed E-state index contributed by atoms with van der Waals surface area (Å²) in [4.78, 5) is 14.6. The lowest BCUT2D eigenvalue weighted by Gasteiger charge is -2.29. The molecule has 3 unspecified atom stereocenters. The molecule has 4 heteroatoms. The van der Waals surface area contributed by atoms with Crippen molar-refractivity contribution in [3.8, 4) is 0 Å². The van der Waals surface area contributed by atoms with Crippen molar-refractivity contribution in [1.29, 1.82) is 0 Å². The number of likely N-dealkylation sites (tertiary alicyclic amines) is 1. The molecule has 1 heterocycles. The van der Waals surface area contributed by atoms with E-state index in [1.807, 2.05) is 23.1 Å². The lowest BCUT2D eigenvalue weighted by Crippen LogP contribution is -2.47. The molecule has 128 valence electrons. The highest BCUT2D eigenvalue weighted by Gasteiger charge is 2.25. The average molecular weight is 318 g/mol. The van der Waals surface area contributed by atoms with E-state index in [1.165, 1.54) is 18.4 Å². The summed E-state index contributed by atoms with van der Waals surface area (Å²) in [7, 11) is 0. The van der Waals surface area contributed by atoms with Crippen LogP contribution in [0.5, 0.6) is 0 Å². The zero-order valence-electron chi connectivity index (χ0n) is 14.4. The number of benzene rings is 1. The molecule has 1 aromatic rings. The molecule has 0 bridgehead atoms. The first kappa shape index (κ1) is 17.8. The molecule has 0 aromatic heterocycles. The molecule has 0 aliphatic carbocycles. The van der Waals surface area contributed by atoms with E-state index in [4.69, 9.17) is 0 Å². The summed E-state index contributed by atoms with van der Waals surface area (Å²) in [6, 6.07) is 10.4. The summed E-state index contributed by atoms with van der Waals surface area (Å²) in [5, 5.41) is 12.4. The van der Waals surface area contributed by atoms with Crippen LogP contribution in [0.15, 0.2) is 30.3 Å². The van der Waals surface area contributed by atoms with Crippen LogP contribution in [0.1, 0.15) is 51.0 Å². The van der Waals surface area contributed by atoms with Gasteiger partial charge in [-0.15, -0.1) is 0 Å². The minimum atomic E-state index is 0.0325. The first-order valence-electron chi connectivity index (χ1n) is 8.82. The van der Waals surface area contributed by atoms with Crippen molar-refractivity contribution in [2.45, 2.75) is 51.5 Å². The van der Waals surface area contributed by atoms with Gasteiger partial charge in [0.1, 0.15) is 0 Å². The highest BCUT2D eigenvalue weighted by Crippen LogP contribution is 2.22. The summed E-state index contributed by atoms with van der Waals surface area (Å²) in [6.45, 7) is 5.90. The standard InChI is InChI=1S/C19H30N2O2/c1-15-7-6-8-16(2)21(14-15)19(23)20-13-18(11-12-22)17-9-4-3-5-10-17/h3-5,9-10,15-16,18,22H,6-8,11-14H2,1-2H3,(H,20,23). The second-order valence-corrected chi connectivity index (χ2v) is 6.84. The van der Waals surface area contributed by atoms with Gasteiger partial charge in [-0.25, -0.2) is 4.79 Å². The number of carbonyl (C=O) groups is 1. The third kappa shape index (κ3) is 5.24. The Hall–Kier alpha value is -1.55. The molecular weight excluding hydrogens is 288 g/mol. The summed E-state index contributed by atoms with van der Waals surface area (Å²) < 4.78 is 0. The van der Waals surface area contributed by atoms with E-state index in [2.05, 4.69) is 31.3 Å². The molecule has 0 saturated carbocycles. The van der Waals surface area contributed by atoms with Gasteiger partial charge in [-0.3, -0.25) is 0 Å². The Morgan fingerprint density at radius 3 is 2.74 bits per heavy atom. The molecule has 3 atom stereocenters. The SMILES string of the molecule is CC1CCCC(C)N(C(=O)NCC(CCO)c2ccccc2)C1. The lowest BCUT2D eigenvalue weighted by molar-refractivity contribution is 0.172. The van der Waals surface area contributed by atoms with Crippen LogP contribution in [0.25, 0.3) is 0 Å². The van der Waals surface area contributed by atoms with Crippen molar-refractivity contribution in [3.05, 3.63) is 35.9 Å². The zero-order chi connectivity index (χ0) is 16.7. The predicted octanol–water partition coefficient (Wildman–Crippen LogP) is 3.37. The number of aliphatic hydroxyl groups excluding tert-OH is 1. The van der Waals surface area contributed by atoms with E-state index in [0.29, 0.717) is 24.9 Å². The molecule has 0 radical (unpaired) electrons. The summed E-state index contributed by atoms with van der Waals surface area (Å²) in [5.41, 5.74) is 1.17. The molecular formula is C19H30N2O2. The zero-order valence-corrected chi connectivity index (χ0v) is 14.4. The summed E-state index contributed by atoms with van der Waals surface area (Å²) >= 11 is 0. The number of nitrogens with one attached hydrogen (secondary N) is 1. The maximum atomic E-state index is 12.6. The number of amides is 2. The second-order valence-electron chi connectivity index (χ2n) is 6.84. The van der Waals surface area contributed by atoms with Crippen molar-refractivity contribution < 1.29 is 9.90 Å². The fourth-order valence-electron chi connectivity index (χ4n) is 3.39. The molecule has 0 spiro atoms. The molecule has 1 saturated heterocycles. The molecule has 23 heavy (non-hydrogen) atoms. The predicted molar refractivity (Wildman–Crippen MR) is 93.5 cm³/mol. The monoisotopic (exact) mass is 318 g/mol. The van der Waals surface area contributed by atoms with Crippen molar-refractivity contribution in [1.82, 2.24) is 10.2 Å². The molecule has 1 fully saturated rings. The Balaban J connectivity index is 1.95. The fraction of sp³-hybridized carbons (Fsp3) is 0.632.